The highest BCUT2D eigenvalue weighted by molar-refractivity contribution is 7.08. The Labute approximate surface area is 127 Å². The van der Waals surface area contributed by atoms with Crippen LogP contribution >= 0.6 is 22.9 Å². The summed E-state index contributed by atoms with van der Waals surface area (Å²) < 4.78 is 11.0. The van der Waals surface area contributed by atoms with Crippen molar-refractivity contribution in [1.82, 2.24) is 0 Å². The number of benzene rings is 1. The van der Waals surface area contributed by atoms with Crippen molar-refractivity contribution in [3.63, 3.8) is 0 Å². The van der Waals surface area contributed by atoms with Gasteiger partial charge in [0, 0.05) is 22.6 Å². The highest BCUT2D eigenvalue weighted by Gasteiger charge is 2.18. The van der Waals surface area contributed by atoms with Crippen molar-refractivity contribution in [3.05, 3.63) is 45.1 Å². The molecule has 0 bridgehead atoms. The Hall–Kier alpha value is -1.52. The third-order valence-corrected chi connectivity index (χ3v) is 3.66. The molecule has 0 spiro atoms. The summed E-state index contributed by atoms with van der Waals surface area (Å²) in [6.07, 6.45) is 0. The Balaban J connectivity index is 2.43. The smallest absolute Gasteiger partial charge is 0.195 e. The van der Waals surface area contributed by atoms with Gasteiger partial charge in [0.05, 0.1) is 18.2 Å². The van der Waals surface area contributed by atoms with Crippen LogP contribution in [0, 0.1) is 0 Å². The van der Waals surface area contributed by atoms with E-state index in [0.29, 0.717) is 40.9 Å². The SMILES string of the molecule is CCOc1cc(Cl)c(C(=O)c2ccsc2)cc1OCC. The van der Waals surface area contributed by atoms with Crippen LogP contribution in [-0.4, -0.2) is 19.0 Å². The van der Waals surface area contributed by atoms with Crippen molar-refractivity contribution >= 4 is 28.7 Å². The van der Waals surface area contributed by atoms with Crippen molar-refractivity contribution in [3.8, 4) is 11.5 Å². The predicted molar refractivity (Wildman–Crippen MR) is 81.5 cm³/mol. The Morgan fingerprint density at radius 3 is 2.40 bits per heavy atom. The fourth-order valence-electron chi connectivity index (χ4n) is 1.79. The number of hydrogen-bond donors (Lipinski definition) is 0. The summed E-state index contributed by atoms with van der Waals surface area (Å²) in [7, 11) is 0. The molecule has 0 saturated carbocycles. The minimum Gasteiger partial charge on any atom is -0.490 e. The predicted octanol–water partition coefficient (Wildman–Crippen LogP) is 4.43. The summed E-state index contributed by atoms with van der Waals surface area (Å²) in [5.41, 5.74) is 1.06. The molecule has 5 heteroatoms. The maximum absolute atomic E-state index is 12.4. The van der Waals surface area contributed by atoms with E-state index < -0.39 is 0 Å². The van der Waals surface area contributed by atoms with Gasteiger partial charge in [-0.05, 0) is 31.4 Å². The van der Waals surface area contributed by atoms with Gasteiger partial charge < -0.3 is 9.47 Å². The van der Waals surface area contributed by atoms with Gasteiger partial charge in [-0.25, -0.2) is 0 Å². The van der Waals surface area contributed by atoms with Crippen LogP contribution in [0.15, 0.2) is 29.0 Å². The van der Waals surface area contributed by atoms with Gasteiger partial charge in [-0.3, -0.25) is 4.79 Å². The lowest BCUT2D eigenvalue weighted by Crippen LogP contribution is -2.04. The molecule has 0 radical (unpaired) electrons. The Morgan fingerprint density at radius 1 is 1.20 bits per heavy atom. The third kappa shape index (κ3) is 3.14. The lowest BCUT2D eigenvalue weighted by atomic mass is 10.1. The van der Waals surface area contributed by atoms with Crippen LogP contribution in [0.5, 0.6) is 11.5 Å². The standard InChI is InChI=1S/C15H15ClO3S/c1-3-18-13-7-11(12(16)8-14(13)19-4-2)15(17)10-5-6-20-9-10/h5-9H,3-4H2,1-2H3. The van der Waals surface area contributed by atoms with E-state index in [9.17, 15) is 4.79 Å². The minimum atomic E-state index is -0.111. The van der Waals surface area contributed by atoms with E-state index in [1.54, 1.807) is 23.6 Å². The number of carbonyl (C=O) groups is 1. The van der Waals surface area contributed by atoms with Crippen LogP contribution < -0.4 is 9.47 Å². The van der Waals surface area contributed by atoms with Crippen LogP contribution in [-0.2, 0) is 0 Å². The lowest BCUT2D eigenvalue weighted by molar-refractivity contribution is 0.103. The number of halogens is 1. The molecule has 106 valence electrons. The van der Waals surface area contributed by atoms with Gasteiger partial charge >= 0.3 is 0 Å². The molecule has 0 amide bonds. The second-order valence-corrected chi connectivity index (χ2v) is 5.17. The van der Waals surface area contributed by atoms with E-state index in [4.69, 9.17) is 21.1 Å². The zero-order chi connectivity index (χ0) is 14.5. The van der Waals surface area contributed by atoms with Crippen molar-refractivity contribution in [2.24, 2.45) is 0 Å². The van der Waals surface area contributed by atoms with E-state index in [-0.39, 0.29) is 5.78 Å². The van der Waals surface area contributed by atoms with Crippen molar-refractivity contribution in [2.75, 3.05) is 13.2 Å². The molecule has 20 heavy (non-hydrogen) atoms. The van der Waals surface area contributed by atoms with Crippen LogP contribution in [0.4, 0.5) is 0 Å². The number of thiophene rings is 1. The van der Waals surface area contributed by atoms with Crippen LogP contribution in [0.25, 0.3) is 0 Å². The van der Waals surface area contributed by atoms with E-state index in [1.807, 2.05) is 19.2 Å². The fraction of sp³-hybridized carbons (Fsp3) is 0.267. The summed E-state index contributed by atoms with van der Waals surface area (Å²) in [6.45, 7) is 4.76. The maximum atomic E-state index is 12.4. The minimum absolute atomic E-state index is 0.111. The Morgan fingerprint density at radius 2 is 1.85 bits per heavy atom. The average Bonchev–Trinajstić information content (AvgIpc) is 2.95. The quantitative estimate of drug-likeness (QED) is 0.740. The molecular weight excluding hydrogens is 296 g/mol. The number of rotatable bonds is 6. The molecular formula is C15H15ClO3S. The van der Waals surface area contributed by atoms with Gasteiger partial charge in [0.2, 0.25) is 0 Å². The van der Waals surface area contributed by atoms with Gasteiger partial charge in [-0.2, -0.15) is 11.3 Å². The first-order valence-electron chi connectivity index (χ1n) is 6.33. The molecule has 2 rings (SSSR count). The van der Waals surface area contributed by atoms with E-state index >= 15 is 0 Å². The van der Waals surface area contributed by atoms with Crippen LogP contribution in [0.2, 0.25) is 5.02 Å². The normalized spacial score (nSPS) is 10.3. The first-order chi connectivity index (χ1) is 9.67. The summed E-state index contributed by atoms with van der Waals surface area (Å²) >= 11 is 7.67. The van der Waals surface area contributed by atoms with Gasteiger partial charge in [-0.15, -0.1) is 0 Å². The second kappa shape index (κ2) is 6.77. The van der Waals surface area contributed by atoms with Crippen molar-refractivity contribution in [1.29, 1.82) is 0 Å². The lowest BCUT2D eigenvalue weighted by Gasteiger charge is -2.13. The van der Waals surface area contributed by atoms with Gasteiger partial charge in [-0.1, -0.05) is 11.6 Å². The highest BCUT2D eigenvalue weighted by Crippen LogP contribution is 2.34. The van der Waals surface area contributed by atoms with Crippen molar-refractivity contribution < 1.29 is 14.3 Å². The second-order valence-electron chi connectivity index (χ2n) is 3.99. The first-order valence-corrected chi connectivity index (χ1v) is 7.65. The van der Waals surface area contributed by atoms with Crippen molar-refractivity contribution in [2.45, 2.75) is 13.8 Å². The summed E-state index contributed by atoms with van der Waals surface area (Å²) in [5.74, 6) is 0.985. The van der Waals surface area contributed by atoms with E-state index in [2.05, 4.69) is 0 Å². The molecule has 0 fully saturated rings. The Kier molecular flexibility index (Phi) is 5.04. The molecule has 0 aliphatic rings. The fourth-order valence-corrected chi connectivity index (χ4v) is 2.67. The summed E-state index contributed by atoms with van der Waals surface area (Å²) in [4.78, 5) is 12.4. The first kappa shape index (κ1) is 14.9. The summed E-state index contributed by atoms with van der Waals surface area (Å²) in [6, 6.07) is 5.06. The molecule has 1 aromatic carbocycles. The number of carbonyl (C=O) groups excluding carboxylic acids is 1. The zero-order valence-corrected chi connectivity index (χ0v) is 12.9. The van der Waals surface area contributed by atoms with Gasteiger partial charge in [0.15, 0.2) is 17.3 Å². The Bertz CT molecular complexity index is 593. The molecule has 0 unspecified atom stereocenters. The summed E-state index contributed by atoms with van der Waals surface area (Å²) in [5, 5.41) is 4.03. The zero-order valence-electron chi connectivity index (χ0n) is 11.3. The largest absolute Gasteiger partial charge is 0.490 e. The van der Waals surface area contributed by atoms with Gasteiger partial charge in [0.1, 0.15) is 0 Å². The molecule has 0 N–H and O–H groups in total. The molecule has 0 aliphatic carbocycles. The highest BCUT2D eigenvalue weighted by atomic mass is 35.5. The molecule has 0 aliphatic heterocycles. The molecule has 2 aromatic rings. The molecule has 0 atom stereocenters. The number of ether oxygens (including phenoxy) is 2. The van der Waals surface area contributed by atoms with E-state index in [1.165, 1.54) is 11.3 Å². The maximum Gasteiger partial charge on any atom is 0.195 e. The van der Waals surface area contributed by atoms with E-state index in [0.717, 1.165) is 0 Å². The molecule has 1 aromatic heterocycles. The third-order valence-electron chi connectivity index (χ3n) is 2.66. The topological polar surface area (TPSA) is 35.5 Å². The molecule has 3 nitrogen and oxygen atoms in total. The van der Waals surface area contributed by atoms with Crippen LogP contribution in [0.3, 0.4) is 0 Å². The molecule has 0 saturated heterocycles. The van der Waals surface area contributed by atoms with Gasteiger partial charge in [0.25, 0.3) is 0 Å². The molecule has 1 heterocycles. The number of ketones is 1. The monoisotopic (exact) mass is 310 g/mol. The average molecular weight is 311 g/mol. The number of hydrogen-bond acceptors (Lipinski definition) is 4. The van der Waals surface area contributed by atoms with Crippen LogP contribution in [0.1, 0.15) is 29.8 Å².